The van der Waals surface area contributed by atoms with E-state index in [1.807, 2.05) is 54.6 Å². The minimum Gasteiger partial charge on any atom is -0.497 e. The first-order chi connectivity index (χ1) is 17.4. The van der Waals surface area contributed by atoms with Crippen LogP contribution in [0.5, 0.6) is 5.75 Å². The van der Waals surface area contributed by atoms with Crippen molar-refractivity contribution in [3.63, 3.8) is 0 Å². The number of hydrogen-bond acceptors (Lipinski definition) is 6. The van der Waals surface area contributed by atoms with Gasteiger partial charge in [-0.3, -0.25) is 4.79 Å². The minimum atomic E-state index is -0.748. The number of rotatable bonds is 6. The third-order valence-corrected chi connectivity index (χ3v) is 7.51. The summed E-state index contributed by atoms with van der Waals surface area (Å²) in [6.07, 6.45) is 0.504. The summed E-state index contributed by atoms with van der Waals surface area (Å²) in [6.45, 7) is -0.518. The van der Waals surface area contributed by atoms with Gasteiger partial charge in [-0.1, -0.05) is 54.1 Å². The number of fused-ring (bicyclic) bond motifs is 1. The standard InChI is InChI=1S/C27H20ClFN2O4S/c1-34-19-10-7-17(8-11-19)22-14-21(16-5-3-2-4-6-16)30-31(22)24(32)15-35-27(33)26-25(28)20-12-9-18(29)13-23(20)36-26/h2-13,22H,14-15H2,1H3/t22-/m0/s1. The predicted octanol–water partition coefficient (Wildman–Crippen LogP) is 6.24. The van der Waals surface area contributed by atoms with Gasteiger partial charge in [-0.25, -0.2) is 14.2 Å². The van der Waals surface area contributed by atoms with Crippen LogP contribution in [0.4, 0.5) is 4.39 Å². The van der Waals surface area contributed by atoms with Gasteiger partial charge in [0.15, 0.2) is 6.61 Å². The number of methoxy groups -OCH3 is 1. The fraction of sp³-hybridized carbons (Fsp3) is 0.148. The van der Waals surface area contributed by atoms with Crippen LogP contribution in [0.25, 0.3) is 10.1 Å². The number of carbonyl (C=O) groups is 2. The second-order valence-electron chi connectivity index (χ2n) is 8.11. The van der Waals surface area contributed by atoms with E-state index < -0.39 is 24.3 Å². The molecule has 0 saturated heterocycles. The number of nitrogens with zero attached hydrogens (tertiary/aromatic N) is 2. The molecule has 1 aliphatic heterocycles. The Balaban J connectivity index is 1.36. The molecule has 0 spiro atoms. The lowest BCUT2D eigenvalue weighted by atomic mass is 9.98. The molecule has 6 nitrogen and oxygen atoms in total. The summed E-state index contributed by atoms with van der Waals surface area (Å²) < 4.78 is 24.6. The second-order valence-corrected chi connectivity index (χ2v) is 9.54. The molecule has 1 aliphatic rings. The number of amides is 1. The largest absolute Gasteiger partial charge is 0.497 e. The van der Waals surface area contributed by atoms with E-state index in [4.69, 9.17) is 21.1 Å². The van der Waals surface area contributed by atoms with Gasteiger partial charge >= 0.3 is 5.97 Å². The summed E-state index contributed by atoms with van der Waals surface area (Å²) in [5, 5.41) is 6.67. The second kappa shape index (κ2) is 10.1. The fourth-order valence-corrected chi connectivity index (χ4v) is 5.49. The van der Waals surface area contributed by atoms with Gasteiger partial charge in [0.25, 0.3) is 5.91 Å². The highest BCUT2D eigenvalue weighted by Gasteiger charge is 2.34. The van der Waals surface area contributed by atoms with Crippen LogP contribution in [0.3, 0.4) is 0 Å². The molecule has 36 heavy (non-hydrogen) atoms. The fourth-order valence-electron chi connectivity index (χ4n) is 4.06. The van der Waals surface area contributed by atoms with Crippen LogP contribution in [0.1, 0.15) is 33.3 Å². The van der Waals surface area contributed by atoms with Gasteiger partial charge in [-0.2, -0.15) is 5.10 Å². The van der Waals surface area contributed by atoms with Gasteiger partial charge in [0.2, 0.25) is 0 Å². The minimum absolute atomic E-state index is 0.117. The van der Waals surface area contributed by atoms with E-state index in [0.717, 1.165) is 28.2 Å². The molecule has 1 atom stereocenters. The first-order valence-corrected chi connectivity index (χ1v) is 12.3. The number of benzene rings is 3. The van der Waals surface area contributed by atoms with Gasteiger partial charge in [-0.15, -0.1) is 11.3 Å². The summed E-state index contributed by atoms with van der Waals surface area (Å²) in [7, 11) is 1.59. The molecule has 0 fully saturated rings. The van der Waals surface area contributed by atoms with Crippen LogP contribution < -0.4 is 4.74 Å². The monoisotopic (exact) mass is 522 g/mol. The Hall–Kier alpha value is -3.75. The van der Waals surface area contributed by atoms with Crippen molar-refractivity contribution in [3.8, 4) is 5.75 Å². The molecular formula is C27H20ClFN2O4S. The number of thiophene rings is 1. The summed E-state index contributed by atoms with van der Waals surface area (Å²) >= 11 is 7.34. The van der Waals surface area contributed by atoms with E-state index in [9.17, 15) is 14.0 Å². The van der Waals surface area contributed by atoms with Crippen molar-refractivity contribution in [1.82, 2.24) is 5.01 Å². The quantitative estimate of drug-likeness (QED) is 0.281. The molecule has 0 radical (unpaired) electrons. The average molecular weight is 523 g/mol. The molecule has 1 amide bonds. The lowest BCUT2D eigenvalue weighted by Crippen LogP contribution is -2.31. The van der Waals surface area contributed by atoms with Crippen molar-refractivity contribution in [2.24, 2.45) is 5.10 Å². The average Bonchev–Trinajstić information content (AvgIpc) is 3.49. The maximum atomic E-state index is 13.6. The highest BCUT2D eigenvalue weighted by molar-refractivity contribution is 7.21. The normalized spacial score (nSPS) is 15.1. The van der Waals surface area contributed by atoms with Gasteiger partial charge in [-0.05, 0) is 41.5 Å². The molecule has 0 unspecified atom stereocenters. The number of hydrazone groups is 1. The van der Waals surface area contributed by atoms with Crippen molar-refractivity contribution in [3.05, 3.63) is 99.6 Å². The maximum absolute atomic E-state index is 13.6. The molecule has 4 aromatic rings. The summed E-state index contributed by atoms with van der Waals surface area (Å²) in [5.41, 5.74) is 2.54. The van der Waals surface area contributed by atoms with Crippen LogP contribution in [-0.2, 0) is 9.53 Å². The van der Waals surface area contributed by atoms with E-state index in [1.54, 1.807) is 7.11 Å². The number of ether oxygens (including phenoxy) is 2. The highest BCUT2D eigenvalue weighted by atomic mass is 35.5. The molecule has 182 valence electrons. The molecule has 2 heterocycles. The third-order valence-electron chi connectivity index (χ3n) is 5.88. The zero-order chi connectivity index (χ0) is 25.2. The molecule has 0 bridgehead atoms. The zero-order valence-electron chi connectivity index (χ0n) is 19.1. The lowest BCUT2D eigenvalue weighted by Gasteiger charge is -2.22. The first kappa shape index (κ1) is 24.0. The predicted molar refractivity (Wildman–Crippen MR) is 137 cm³/mol. The molecule has 0 saturated carbocycles. The summed E-state index contributed by atoms with van der Waals surface area (Å²) in [5.74, 6) is -0.949. The van der Waals surface area contributed by atoms with Crippen molar-refractivity contribution in [1.29, 1.82) is 0 Å². The van der Waals surface area contributed by atoms with Crippen molar-refractivity contribution < 1.29 is 23.5 Å². The summed E-state index contributed by atoms with van der Waals surface area (Å²) in [6, 6.07) is 20.7. The van der Waals surface area contributed by atoms with Crippen molar-refractivity contribution >= 4 is 50.6 Å². The topological polar surface area (TPSA) is 68.2 Å². The highest BCUT2D eigenvalue weighted by Crippen LogP contribution is 2.37. The van der Waals surface area contributed by atoms with Gasteiger partial charge in [0.05, 0.1) is 23.9 Å². The van der Waals surface area contributed by atoms with Gasteiger partial charge in [0, 0.05) is 16.5 Å². The molecule has 3 aromatic carbocycles. The van der Waals surface area contributed by atoms with Crippen LogP contribution >= 0.6 is 22.9 Å². The Kier molecular flexibility index (Phi) is 6.71. The Labute approximate surface area is 215 Å². The zero-order valence-corrected chi connectivity index (χ0v) is 20.7. The molecule has 1 aromatic heterocycles. The Morgan fingerprint density at radius 3 is 2.58 bits per heavy atom. The van der Waals surface area contributed by atoms with E-state index in [0.29, 0.717) is 22.3 Å². The molecular weight excluding hydrogens is 503 g/mol. The van der Waals surface area contributed by atoms with E-state index in [2.05, 4.69) is 5.10 Å². The SMILES string of the molecule is COc1ccc([C@@H]2CC(c3ccccc3)=NN2C(=O)COC(=O)c2sc3cc(F)ccc3c2Cl)cc1. The smallest absolute Gasteiger partial charge is 0.350 e. The van der Waals surface area contributed by atoms with Crippen LogP contribution in [0.2, 0.25) is 5.02 Å². The Morgan fingerprint density at radius 2 is 1.86 bits per heavy atom. The molecule has 5 rings (SSSR count). The number of esters is 1. The third kappa shape index (κ3) is 4.69. The van der Waals surface area contributed by atoms with E-state index in [-0.39, 0.29) is 15.9 Å². The van der Waals surface area contributed by atoms with Crippen molar-refractivity contribution in [2.45, 2.75) is 12.5 Å². The lowest BCUT2D eigenvalue weighted by molar-refractivity contribution is -0.136. The van der Waals surface area contributed by atoms with E-state index >= 15 is 0 Å². The molecule has 0 N–H and O–H groups in total. The van der Waals surface area contributed by atoms with Crippen molar-refractivity contribution in [2.75, 3.05) is 13.7 Å². The van der Waals surface area contributed by atoms with Gasteiger partial charge < -0.3 is 9.47 Å². The number of carbonyl (C=O) groups excluding carboxylic acids is 2. The number of halogens is 2. The van der Waals surface area contributed by atoms with Crippen LogP contribution in [-0.4, -0.2) is 36.3 Å². The Morgan fingerprint density at radius 1 is 1.11 bits per heavy atom. The van der Waals surface area contributed by atoms with E-state index in [1.165, 1.54) is 23.2 Å². The molecule has 0 aliphatic carbocycles. The van der Waals surface area contributed by atoms with Gasteiger partial charge in [0.1, 0.15) is 16.4 Å². The maximum Gasteiger partial charge on any atom is 0.350 e. The first-order valence-electron chi connectivity index (χ1n) is 11.1. The van der Waals surface area contributed by atoms with Crippen LogP contribution in [0.15, 0.2) is 77.9 Å². The summed E-state index contributed by atoms with van der Waals surface area (Å²) in [4.78, 5) is 26.1. The molecule has 9 heteroatoms. The van der Waals surface area contributed by atoms with Crippen LogP contribution in [0, 0.1) is 5.82 Å². The Bertz CT molecular complexity index is 1470. The number of hydrogen-bond donors (Lipinski definition) is 0.